The maximum absolute atomic E-state index is 12.6. The van der Waals surface area contributed by atoms with Gasteiger partial charge in [-0.15, -0.1) is 10.2 Å². The number of rotatable bonds is 7. The van der Waals surface area contributed by atoms with E-state index in [-0.39, 0.29) is 4.90 Å². The lowest BCUT2D eigenvalue weighted by atomic mass is 10.2. The van der Waals surface area contributed by atoms with E-state index in [2.05, 4.69) is 29.4 Å². The molecule has 0 amide bonds. The van der Waals surface area contributed by atoms with Gasteiger partial charge in [0.2, 0.25) is 16.0 Å². The summed E-state index contributed by atoms with van der Waals surface area (Å²) in [6.45, 7) is 9.46. The number of nitrogens with zero attached hydrogens (tertiary/aromatic N) is 4. The highest BCUT2D eigenvalue weighted by Gasteiger charge is 2.22. The molecule has 0 aliphatic heterocycles. The van der Waals surface area contributed by atoms with E-state index in [1.807, 2.05) is 13.8 Å². The molecule has 122 valence electrons. The lowest BCUT2D eigenvalue weighted by molar-refractivity contribution is 0.445. The predicted molar refractivity (Wildman–Crippen MR) is 86.4 cm³/mol. The number of hydrogen-bond donors (Lipinski definition) is 1. The third-order valence-corrected chi connectivity index (χ3v) is 5.42. The number of anilines is 1. The van der Waals surface area contributed by atoms with E-state index in [0.29, 0.717) is 30.6 Å². The summed E-state index contributed by atoms with van der Waals surface area (Å²) in [5.74, 6) is 1.01. The number of hydrogen-bond acceptors (Lipinski definition) is 5. The summed E-state index contributed by atoms with van der Waals surface area (Å²) in [5.41, 5.74) is 0.616. The molecule has 2 aromatic heterocycles. The van der Waals surface area contributed by atoms with Gasteiger partial charge >= 0.3 is 0 Å². The minimum atomic E-state index is -3.49. The number of fused-ring (bicyclic) bond motifs is 1. The van der Waals surface area contributed by atoms with Gasteiger partial charge in [0.05, 0.1) is 4.90 Å². The van der Waals surface area contributed by atoms with Crippen molar-refractivity contribution in [1.29, 1.82) is 0 Å². The molecule has 2 heterocycles. The molecule has 0 aliphatic rings. The van der Waals surface area contributed by atoms with Gasteiger partial charge in [-0.2, -0.15) is 4.31 Å². The third-order valence-electron chi connectivity index (χ3n) is 3.39. The van der Waals surface area contributed by atoms with Crippen molar-refractivity contribution < 1.29 is 8.42 Å². The molecule has 22 heavy (non-hydrogen) atoms. The monoisotopic (exact) mass is 325 g/mol. The van der Waals surface area contributed by atoms with Crippen LogP contribution in [0.3, 0.4) is 0 Å². The van der Waals surface area contributed by atoms with Crippen LogP contribution in [0.5, 0.6) is 0 Å². The van der Waals surface area contributed by atoms with E-state index in [1.165, 1.54) is 4.31 Å². The summed E-state index contributed by atoms with van der Waals surface area (Å²) in [7, 11) is -3.49. The van der Waals surface area contributed by atoms with E-state index in [0.717, 1.165) is 6.54 Å². The summed E-state index contributed by atoms with van der Waals surface area (Å²) in [6, 6.07) is 3.24. The molecule has 2 rings (SSSR count). The van der Waals surface area contributed by atoms with Crippen molar-refractivity contribution in [2.75, 3.05) is 25.0 Å². The fourth-order valence-electron chi connectivity index (χ4n) is 2.15. The van der Waals surface area contributed by atoms with Gasteiger partial charge in [-0.25, -0.2) is 8.42 Å². The first-order valence-corrected chi connectivity index (χ1v) is 8.93. The molecule has 0 spiro atoms. The Kier molecular flexibility index (Phi) is 5.02. The topological polar surface area (TPSA) is 79.6 Å². The molecule has 7 nitrogen and oxygen atoms in total. The minimum Gasteiger partial charge on any atom is -0.354 e. The lowest BCUT2D eigenvalue weighted by Crippen LogP contribution is -2.30. The van der Waals surface area contributed by atoms with Crippen molar-refractivity contribution in [1.82, 2.24) is 18.9 Å². The molecular formula is C14H23N5O2S. The molecule has 0 fully saturated rings. The summed E-state index contributed by atoms with van der Waals surface area (Å²) < 4.78 is 28.3. The number of pyridine rings is 1. The second-order valence-corrected chi connectivity index (χ2v) is 7.42. The molecular weight excluding hydrogens is 302 g/mol. The van der Waals surface area contributed by atoms with Gasteiger partial charge in [-0.3, -0.25) is 4.40 Å². The second-order valence-electron chi connectivity index (χ2n) is 5.48. The van der Waals surface area contributed by atoms with Crippen LogP contribution in [0.2, 0.25) is 0 Å². The average molecular weight is 325 g/mol. The van der Waals surface area contributed by atoms with Crippen molar-refractivity contribution in [2.45, 2.75) is 32.6 Å². The fraction of sp³-hybridized carbons (Fsp3) is 0.571. The van der Waals surface area contributed by atoms with Crippen LogP contribution < -0.4 is 5.32 Å². The largest absolute Gasteiger partial charge is 0.354 e. The zero-order chi connectivity index (χ0) is 16.3. The maximum atomic E-state index is 12.6. The van der Waals surface area contributed by atoms with Crippen molar-refractivity contribution >= 4 is 21.6 Å². The van der Waals surface area contributed by atoms with Gasteiger partial charge in [0.1, 0.15) is 0 Å². The van der Waals surface area contributed by atoms with Crippen molar-refractivity contribution in [3.8, 4) is 0 Å². The molecule has 0 radical (unpaired) electrons. The molecule has 0 saturated heterocycles. The number of aromatic nitrogens is 3. The Morgan fingerprint density at radius 1 is 1.23 bits per heavy atom. The number of nitrogens with one attached hydrogen (secondary N) is 1. The van der Waals surface area contributed by atoms with Crippen LogP contribution in [-0.4, -0.2) is 47.0 Å². The van der Waals surface area contributed by atoms with Crippen LogP contribution >= 0.6 is 0 Å². The lowest BCUT2D eigenvalue weighted by Gasteiger charge is -2.18. The summed E-state index contributed by atoms with van der Waals surface area (Å²) >= 11 is 0. The zero-order valence-corrected chi connectivity index (χ0v) is 14.3. The normalized spacial score (nSPS) is 12.5. The van der Waals surface area contributed by atoms with Gasteiger partial charge in [-0.1, -0.05) is 27.7 Å². The van der Waals surface area contributed by atoms with Gasteiger partial charge < -0.3 is 5.32 Å². The summed E-state index contributed by atoms with van der Waals surface area (Å²) in [6.07, 6.45) is 1.58. The molecule has 0 unspecified atom stereocenters. The first-order chi connectivity index (χ1) is 10.4. The van der Waals surface area contributed by atoms with Gasteiger partial charge in [0.15, 0.2) is 5.65 Å². The smallest absolute Gasteiger partial charge is 0.244 e. The highest BCUT2D eigenvalue weighted by molar-refractivity contribution is 7.89. The van der Waals surface area contributed by atoms with E-state index in [1.54, 1.807) is 22.7 Å². The average Bonchev–Trinajstić information content (AvgIpc) is 2.88. The van der Waals surface area contributed by atoms with Crippen molar-refractivity contribution in [3.63, 3.8) is 0 Å². The highest BCUT2D eigenvalue weighted by Crippen LogP contribution is 2.18. The van der Waals surface area contributed by atoms with Crippen LogP contribution in [0.4, 0.5) is 5.95 Å². The van der Waals surface area contributed by atoms with Gasteiger partial charge in [-0.05, 0) is 18.1 Å². The Balaban J connectivity index is 2.43. The van der Waals surface area contributed by atoms with Crippen molar-refractivity contribution in [2.24, 2.45) is 5.92 Å². The van der Waals surface area contributed by atoms with E-state index < -0.39 is 10.0 Å². The molecule has 0 aromatic carbocycles. The summed E-state index contributed by atoms with van der Waals surface area (Å²) in [4.78, 5) is 0.246. The molecule has 8 heteroatoms. The van der Waals surface area contributed by atoms with Crippen LogP contribution in [0.15, 0.2) is 23.2 Å². The Bertz CT molecular complexity index is 735. The SMILES string of the molecule is CCN(CC)S(=O)(=O)c1ccc2nnc(NCC(C)C)n2c1. The molecule has 0 atom stereocenters. The van der Waals surface area contributed by atoms with E-state index in [9.17, 15) is 8.42 Å². The minimum absolute atomic E-state index is 0.246. The van der Waals surface area contributed by atoms with Crippen LogP contribution in [0.25, 0.3) is 5.65 Å². The third kappa shape index (κ3) is 3.22. The Labute approximate surface area is 131 Å². The second kappa shape index (κ2) is 6.62. The standard InChI is InChI=1S/C14H23N5O2S/c1-5-18(6-2)22(20,21)12-7-8-13-16-17-14(19(13)10-12)15-9-11(3)4/h7-8,10-11H,5-6,9H2,1-4H3,(H,15,17). The Hall–Kier alpha value is -1.67. The van der Waals surface area contributed by atoms with Crippen LogP contribution in [0, 0.1) is 5.92 Å². The molecule has 0 saturated carbocycles. The predicted octanol–water partition coefficient (Wildman–Crippen LogP) is 1.83. The Morgan fingerprint density at radius 2 is 1.91 bits per heavy atom. The van der Waals surface area contributed by atoms with Gasteiger partial charge in [0.25, 0.3) is 0 Å². The molecule has 1 N–H and O–H groups in total. The fourth-order valence-corrected chi connectivity index (χ4v) is 3.61. The zero-order valence-electron chi connectivity index (χ0n) is 13.4. The van der Waals surface area contributed by atoms with Gasteiger partial charge in [0, 0.05) is 25.8 Å². The molecule has 0 bridgehead atoms. The Morgan fingerprint density at radius 3 is 2.50 bits per heavy atom. The van der Waals surface area contributed by atoms with E-state index in [4.69, 9.17) is 0 Å². The quantitative estimate of drug-likeness (QED) is 0.840. The van der Waals surface area contributed by atoms with Crippen molar-refractivity contribution in [3.05, 3.63) is 18.3 Å². The first kappa shape index (κ1) is 16.7. The molecule has 0 aliphatic carbocycles. The van der Waals surface area contributed by atoms with E-state index >= 15 is 0 Å². The maximum Gasteiger partial charge on any atom is 0.244 e. The number of sulfonamides is 1. The summed E-state index contributed by atoms with van der Waals surface area (Å²) in [5, 5.41) is 11.3. The molecule has 2 aromatic rings. The highest BCUT2D eigenvalue weighted by atomic mass is 32.2. The van der Waals surface area contributed by atoms with Crippen LogP contribution in [0.1, 0.15) is 27.7 Å². The first-order valence-electron chi connectivity index (χ1n) is 7.49. The van der Waals surface area contributed by atoms with Crippen LogP contribution in [-0.2, 0) is 10.0 Å².